The summed E-state index contributed by atoms with van der Waals surface area (Å²) in [4.78, 5) is 6.52. The molecule has 7 rings (SSSR count). The van der Waals surface area contributed by atoms with Crippen LogP contribution in [0.5, 0.6) is 0 Å². The van der Waals surface area contributed by atoms with E-state index in [0.717, 1.165) is 28.2 Å². The number of isothiocyanates is 1. The molecule has 3 aliphatic rings. The van der Waals surface area contributed by atoms with E-state index in [-0.39, 0.29) is 18.0 Å². The molecule has 1 aliphatic carbocycles. The van der Waals surface area contributed by atoms with Gasteiger partial charge in [-0.2, -0.15) is 31.1 Å². The molecule has 0 fully saturated rings. The van der Waals surface area contributed by atoms with Gasteiger partial charge < -0.3 is 4.90 Å². The number of hydrogen-bond acceptors (Lipinski definition) is 13. The minimum absolute atomic E-state index is 0.0595. The Hall–Kier alpha value is -4.03. The van der Waals surface area contributed by atoms with Crippen molar-refractivity contribution in [1.82, 2.24) is 8.85 Å². The maximum Gasteiger partial charge on any atom is 0.333 e. The van der Waals surface area contributed by atoms with Gasteiger partial charge in [0.05, 0.1) is 32.3 Å². The number of thiol groups is 1. The van der Waals surface area contributed by atoms with Gasteiger partial charge in [-0.05, 0) is 95.6 Å². The highest BCUT2D eigenvalue weighted by Crippen LogP contribution is 2.53. The van der Waals surface area contributed by atoms with Crippen LogP contribution in [-0.2, 0) is 51.3 Å². The molecule has 0 saturated carbocycles. The maximum atomic E-state index is 13.4. The Labute approximate surface area is 369 Å². The average Bonchev–Trinajstić information content (AvgIpc) is 3.48. The number of allylic oxidation sites excluding steroid dienone is 5. The summed E-state index contributed by atoms with van der Waals surface area (Å²) in [6.45, 7) is 7.59. The molecule has 4 aromatic rings. The van der Waals surface area contributed by atoms with Gasteiger partial charge in [-0.3, -0.25) is 9.11 Å². The molecular formula is C39H38N5O10S7+. The molecule has 0 spiro atoms. The van der Waals surface area contributed by atoms with Gasteiger partial charge in [0.25, 0.3) is 26.0 Å². The molecule has 0 unspecified atom stereocenters. The normalized spacial score (nSPS) is 18.9. The Balaban J connectivity index is 1.37. The van der Waals surface area contributed by atoms with Gasteiger partial charge in [-0.25, -0.2) is 16.8 Å². The van der Waals surface area contributed by atoms with E-state index in [1.165, 1.54) is 16.7 Å². The summed E-state index contributed by atoms with van der Waals surface area (Å²) in [6, 6.07) is 16.7. The van der Waals surface area contributed by atoms with Crippen LogP contribution in [0.15, 0.2) is 104 Å². The first-order valence-corrected chi connectivity index (χ1v) is 25.8. The highest BCUT2D eigenvalue weighted by Gasteiger charge is 2.49. The van der Waals surface area contributed by atoms with Crippen molar-refractivity contribution in [1.29, 1.82) is 0 Å². The quantitative estimate of drug-likeness (QED) is 0.0286. The van der Waals surface area contributed by atoms with Gasteiger partial charge in [-0.15, -0.1) is 16.8 Å². The number of hydrogen-bond donors (Lipinski definition) is 5. The van der Waals surface area contributed by atoms with Gasteiger partial charge in [-0.1, -0.05) is 44.3 Å². The Morgan fingerprint density at radius 1 is 0.869 bits per heavy atom. The number of fused-ring (bicyclic) bond motifs is 6. The first kappa shape index (κ1) is 45.0. The van der Waals surface area contributed by atoms with Crippen molar-refractivity contribution in [3.05, 3.63) is 106 Å². The van der Waals surface area contributed by atoms with Crippen molar-refractivity contribution in [2.24, 2.45) is 4.99 Å². The summed E-state index contributed by atoms with van der Waals surface area (Å²) in [7, 11) is -17.6. The van der Waals surface area contributed by atoms with Crippen LogP contribution in [0.25, 0.3) is 21.5 Å². The number of benzene rings is 4. The third kappa shape index (κ3) is 8.44. The molecule has 2 heterocycles. The average molecular weight is 961 g/mol. The fourth-order valence-corrected chi connectivity index (χ4v) is 12.9. The standard InChI is InChI=1S/C39H37N5O10S7/c1-38(2)32(43(15-14-41-61(52,53)54)30-12-7-23-17-25(60(49,50)51)9-11-27(23)34(30)38)18-28-36(56)29(37(28)57)19-33-39(3,4)35-26-10-8-24(40-20-55)16-22(26)6-13-31(35)44(33)21-59(47,48)42-58(5,45)46/h6-13,16-19,41-42H,14-15,21H2,1-5H3,(H2-,49,50,51,52,53,54,56,57)/p+1. The third-order valence-corrected chi connectivity index (χ3v) is 16.1. The van der Waals surface area contributed by atoms with E-state index in [9.17, 15) is 42.8 Å². The predicted octanol–water partition coefficient (Wildman–Crippen LogP) is 5.75. The topological polar surface area (TPSA) is 220 Å². The van der Waals surface area contributed by atoms with E-state index in [4.69, 9.17) is 37.1 Å². The lowest BCUT2D eigenvalue weighted by atomic mass is 9.77. The van der Waals surface area contributed by atoms with E-state index in [2.05, 4.69) is 14.9 Å². The summed E-state index contributed by atoms with van der Waals surface area (Å²) in [5, 5.41) is 5.17. The fourth-order valence-electron chi connectivity index (χ4n) is 8.43. The SMILES string of the molecule is CC1(C)C(/C=C2/C(=S)C(/C=C3/N(CCNS(=O)(=O)O)c4ccc5cc(S(=O)(=O)O)ccc5c4C3(C)C)=C2S)=[N+](CS(=O)(=O)NS(C)(=O)=O)c2ccc3cc(N=C=S)ccc3c21. The van der Waals surface area contributed by atoms with Crippen LogP contribution in [0, 0.1) is 0 Å². The van der Waals surface area contributed by atoms with Gasteiger partial charge in [0.1, 0.15) is 0 Å². The predicted molar refractivity (Wildman–Crippen MR) is 247 cm³/mol. The van der Waals surface area contributed by atoms with Crippen molar-refractivity contribution in [2.45, 2.75) is 43.4 Å². The van der Waals surface area contributed by atoms with Crippen molar-refractivity contribution in [3.63, 3.8) is 0 Å². The van der Waals surface area contributed by atoms with Gasteiger partial charge in [0, 0.05) is 63.6 Å². The molecule has 320 valence electrons. The fraction of sp³-hybridized carbons (Fsp3) is 0.256. The number of sulfonamides is 2. The zero-order chi connectivity index (χ0) is 44.8. The molecule has 0 saturated heterocycles. The van der Waals surface area contributed by atoms with Crippen LogP contribution in [0.3, 0.4) is 0 Å². The first-order valence-electron chi connectivity index (χ1n) is 18.1. The number of anilines is 1. The Morgan fingerprint density at radius 3 is 2.13 bits per heavy atom. The molecule has 2 aliphatic heterocycles. The summed E-state index contributed by atoms with van der Waals surface area (Å²) in [5.74, 6) is -0.748. The molecule has 61 heavy (non-hydrogen) atoms. The number of rotatable bonds is 12. The summed E-state index contributed by atoms with van der Waals surface area (Å²) in [6.07, 6.45) is 4.34. The minimum Gasteiger partial charge on any atom is -0.343 e. The van der Waals surface area contributed by atoms with Crippen LogP contribution in [0.4, 0.5) is 17.1 Å². The maximum absolute atomic E-state index is 13.4. The molecule has 0 atom stereocenters. The minimum atomic E-state index is -4.53. The number of thiocarbonyl (C=S) groups is 2. The van der Waals surface area contributed by atoms with E-state index in [1.54, 1.807) is 40.5 Å². The molecule has 0 radical (unpaired) electrons. The number of aliphatic imine (C=N–C) groups is 1. The largest absolute Gasteiger partial charge is 0.343 e. The summed E-state index contributed by atoms with van der Waals surface area (Å²) in [5.41, 5.74) is 3.86. The van der Waals surface area contributed by atoms with Crippen LogP contribution in [0.2, 0.25) is 0 Å². The van der Waals surface area contributed by atoms with Crippen molar-refractivity contribution in [3.8, 4) is 0 Å². The lowest BCUT2D eigenvalue weighted by molar-refractivity contribution is -0.415. The molecular weight excluding hydrogens is 923 g/mol. The van der Waals surface area contributed by atoms with Crippen molar-refractivity contribution in [2.75, 3.05) is 30.1 Å². The van der Waals surface area contributed by atoms with E-state index >= 15 is 0 Å². The monoisotopic (exact) mass is 960 g/mol. The van der Waals surface area contributed by atoms with Crippen LogP contribution >= 0.6 is 37.1 Å². The highest BCUT2D eigenvalue weighted by molar-refractivity contribution is 8.04. The second-order valence-electron chi connectivity index (χ2n) is 15.7. The van der Waals surface area contributed by atoms with Crippen LogP contribution in [-0.4, -0.2) is 88.3 Å². The molecule has 4 aromatic carbocycles. The second kappa shape index (κ2) is 15.3. The molecule has 0 amide bonds. The summed E-state index contributed by atoms with van der Waals surface area (Å²) < 4.78 is 123. The van der Waals surface area contributed by atoms with Crippen molar-refractivity contribution < 1.29 is 47.4 Å². The molecule has 4 N–H and O–H groups in total. The lowest BCUT2D eigenvalue weighted by Gasteiger charge is -2.31. The second-order valence-corrected chi connectivity index (χ2v) is 23.1. The Kier molecular flexibility index (Phi) is 11.3. The first-order chi connectivity index (χ1) is 28.1. The van der Waals surface area contributed by atoms with Crippen LogP contribution in [0.1, 0.15) is 38.8 Å². The highest BCUT2D eigenvalue weighted by atomic mass is 32.3. The van der Waals surface area contributed by atoms with Crippen LogP contribution < -0.4 is 13.7 Å². The summed E-state index contributed by atoms with van der Waals surface area (Å²) >= 11 is 15.7. The Bertz CT molecular complexity index is 3310. The van der Waals surface area contributed by atoms with E-state index < -0.39 is 57.2 Å². The smallest absolute Gasteiger partial charge is 0.333 e. The Morgan fingerprint density at radius 2 is 1.51 bits per heavy atom. The zero-order valence-electron chi connectivity index (χ0n) is 32.9. The molecule has 22 heteroatoms. The molecule has 0 aromatic heterocycles. The van der Waals surface area contributed by atoms with E-state index in [1.807, 2.05) is 56.9 Å². The number of nitrogens with one attached hydrogen (secondary N) is 2. The zero-order valence-corrected chi connectivity index (χ0v) is 38.7. The van der Waals surface area contributed by atoms with Gasteiger partial charge in [0.15, 0.2) is 5.71 Å². The molecule has 0 bridgehead atoms. The lowest BCUT2D eigenvalue weighted by Crippen LogP contribution is -2.37. The van der Waals surface area contributed by atoms with Gasteiger partial charge in [0.2, 0.25) is 15.7 Å². The third-order valence-electron chi connectivity index (χ3n) is 10.9. The van der Waals surface area contributed by atoms with E-state index in [0.29, 0.717) is 60.2 Å². The molecule has 15 nitrogen and oxygen atoms in total. The van der Waals surface area contributed by atoms with Crippen molar-refractivity contribution >= 4 is 132 Å². The number of nitrogens with zero attached hydrogens (tertiary/aromatic N) is 3. The van der Waals surface area contributed by atoms with Gasteiger partial charge >= 0.3 is 10.3 Å².